The molecule has 3 aromatic rings. The molecule has 0 nitrogen and oxygen atoms in total. The Hall–Kier alpha value is -1.56. The van der Waals surface area contributed by atoms with Crippen LogP contribution in [0, 0.1) is 0 Å². The van der Waals surface area contributed by atoms with Crippen LogP contribution < -0.4 is 15.9 Å². The fourth-order valence-electron chi connectivity index (χ4n) is 2.93. The molecule has 0 amide bonds. The summed E-state index contributed by atoms with van der Waals surface area (Å²) >= 11 is 2.16. The van der Waals surface area contributed by atoms with Gasteiger partial charge in [-0.15, -0.1) is 0 Å². The van der Waals surface area contributed by atoms with Crippen LogP contribution in [-0.2, 0) is 0 Å². The Bertz CT molecular complexity index is 629. The van der Waals surface area contributed by atoms with Crippen LogP contribution in [0.25, 0.3) is 0 Å². The lowest BCUT2D eigenvalue weighted by molar-refractivity contribution is 0.898. The molecule has 2 heteroatoms. The second-order valence-electron chi connectivity index (χ2n) is 5.80. The van der Waals surface area contributed by atoms with Crippen LogP contribution >= 0.6 is 17.8 Å². The Balaban J connectivity index is 2.20. The first-order valence-electron chi connectivity index (χ1n) is 8.58. The summed E-state index contributed by atoms with van der Waals surface area (Å²) in [6, 6.07) is 33.3. The van der Waals surface area contributed by atoms with Crippen molar-refractivity contribution in [2.24, 2.45) is 0 Å². The molecule has 0 bridgehead atoms. The van der Waals surface area contributed by atoms with Gasteiger partial charge in [-0.2, -0.15) is 0 Å². The lowest BCUT2D eigenvalue weighted by Gasteiger charge is -2.25. The van der Waals surface area contributed by atoms with E-state index in [2.05, 4.69) is 109 Å². The maximum Gasteiger partial charge on any atom is 0.170 e. The minimum absolute atomic E-state index is 1.20. The van der Waals surface area contributed by atoms with Gasteiger partial charge in [0.15, 0.2) is 6.46 Å². The van der Waals surface area contributed by atoms with Crippen molar-refractivity contribution in [3.05, 3.63) is 91.0 Å². The average Bonchev–Trinajstić information content (AvgIpc) is 2.68. The van der Waals surface area contributed by atoms with Gasteiger partial charge in [-0.25, -0.2) is 0 Å². The van der Waals surface area contributed by atoms with Crippen LogP contribution in [0.15, 0.2) is 91.0 Å². The van der Waals surface area contributed by atoms with Gasteiger partial charge in [0.2, 0.25) is 0 Å². The molecule has 0 spiro atoms. The Kier molecular flexibility index (Phi) is 6.12. The summed E-state index contributed by atoms with van der Waals surface area (Å²) in [5, 5.41) is 4.38. The monoisotopic (exact) mass is 351 g/mol. The number of hydrogen-bond acceptors (Lipinski definition) is 1. The maximum atomic E-state index is 2.31. The maximum absolute atomic E-state index is 2.31. The Morgan fingerprint density at radius 2 is 1.00 bits per heavy atom. The van der Waals surface area contributed by atoms with E-state index in [9.17, 15) is 0 Å². The van der Waals surface area contributed by atoms with E-state index in [-0.39, 0.29) is 0 Å². The van der Waals surface area contributed by atoms with Crippen molar-refractivity contribution in [3.63, 3.8) is 0 Å². The minimum Gasteiger partial charge on any atom is -0.0654 e. The molecule has 0 aliphatic heterocycles. The zero-order chi connectivity index (χ0) is 16.7. The van der Waals surface area contributed by atoms with Gasteiger partial charge in [-0.3, -0.25) is 0 Å². The van der Waals surface area contributed by atoms with Crippen LogP contribution in [0.2, 0.25) is 0 Å². The SMILES string of the molecule is CCCCS[P+](c1ccccc1)(c1ccccc1)c1ccccc1. The molecule has 0 N–H and O–H groups in total. The number of unbranched alkanes of at least 4 members (excludes halogenated alkanes) is 1. The van der Waals surface area contributed by atoms with Gasteiger partial charge in [0.05, 0.1) is 0 Å². The van der Waals surface area contributed by atoms with Crippen molar-refractivity contribution in [2.75, 3.05) is 5.75 Å². The quantitative estimate of drug-likeness (QED) is 0.404. The molecule has 0 fully saturated rings. The standard InChI is InChI=1S/C22H24PS/c1-2-3-19-24-23(20-13-7-4-8-14-20,21-15-9-5-10-16-21)22-17-11-6-12-18-22/h4-18H,2-3,19H2,1H3/q+1. The lowest BCUT2D eigenvalue weighted by Crippen LogP contribution is -2.29. The van der Waals surface area contributed by atoms with E-state index in [1.807, 2.05) is 0 Å². The minimum atomic E-state index is -1.67. The van der Waals surface area contributed by atoms with E-state index >= 15 is 0 Å². The fourth-order valence-corrected chi connectivity index (χ4v) is 10.4. The van der Waals surface area contributed by atoms with Gasteiger partial charge < -0.3 is 0 Å². The molecule has 0 saturated heterocycles. The van der Waals surface area contributed by atoms with Crippen LogP contribution in [0.5, 0.6) is 0 Å². The third kappa shape index (κ3) is 3.58. The number of hydrogen-bond donors (Lipinski definition) is 0. The zero-order valence-electron chi connectivity index (χ0n) is 14.1. The van der Waals surface area contributed by atoms with E-state index in [4.69, 9.17) is 0 Å². The molecular weight excluding hydrogens is 327 g/mol. The second-order valence-corrected chi connectivity index (χ2v) is 11.7. The van der Waals surface area contributed by atoms with Crippen LogP contribution in [-0.4, -0.2) is 5.75 Å². The summed E-state index contributed by atoms with van der Waals surface area (Å²) in [7, 11) is 0. The molecule has 0 atom stereocenters. The molecule has 3 aromatic carbocycles. The first-order chi connectivity index (χ1) is 11.9. The Labute approximate surface area is 150 Å². The molecule has 0 aromatic heterocycles. The third-order valence-corrected chi connectivity index (χ3v) is 11.7. The lowest BCUT2D eigenvalue weighted by atomic mass is 10.4. The predicted molar refractivity (Wildman–Crippen MR) is 113 cm³/mol. The first kappa shape index (κ1) is 17.3. The summed E-state index contributed by atoms with van der Waals surface area (Å²) in [5.74, 6) is 1.20. The zero-order valence-corrected chi connectivity index (χ0v) is 15.8. The van der Waals surface area contributed by atoms with Crippen molar-refractivity contribution in [1.29, 1.82) is 0 Å². The molecule has 0 aliphatic rings. The molecule has 122 valence electrons. The fraction of sp³-hybridized carbons (Fsp3) is 0.182. The van der Waals surface area contributed by atoms with Crippen molar-refractivity contribution >= 4 is 33.8 Å². The molecule has 3 rings (SSSR count). The molecule has 0 unspecified atom stereocenters. The molecular formula is C22H24PS+. The van der Waals surface area contributed by atoms with Gasteiger partial charge in [-0.1, -0.05) is 67.9 Å². The third-order valence-electron chi connectivity index (χ3n) is 4.14. The second kappa shape index (κ2) is 8.51. The topological polar surface area (TPSA) is 0 Å². The summed E-state index contributed by atoms with van der Waals surface area (Å²) in [4.78, 5) is 0. The van der Waals surface area contributed by atoms with Gasteiger partial charge >= 0.3 is 0 Å². The molecule has 0 aliphatic carbocycles. The largest absolute Gasteiger partial charge is 0.170 e. The van der Waals surface area contributed by atoms with Crippen molar-refractivity contribution < 1.29 is 0 Å². The van der Waals surface area contributed by atoms with E-state index < -0.39 is 6.46 Å². The highest BCUT2D eigenvalue weighted by atomic mass is 32.7. The van der Waals surface area contributed by atoms with Crippen LogP contribution in [0.4, 0.5) is 0 Å². The smallest absolute Gasteiger partial charge is 0.0654 e. The summed E-state index contributed by atoms with van der Waals surface area (Å²) in [6.07, 6.45) is 2.50. The van der Waals surface area contributed by atoms with Crippen LogP contribution in [0.3, 0.4) is 0 Å². The number of benzene rings is 3. The van der Waals surface area contributed by atoms with E-state index in [1.165, 1.54) is 34.5 Å². The van der Waals surface area contributed by atoms with E-state index in [1.54, 1.807) is 0 Å². The van der Waals surface area contributed by atoms with Gasteiger partial charge in [0.1, 0.15) is 15.9 Å². The van der Waals surface area contributed by atoms with Gasteiger partial charge in [-0.05, 0) is 42.8 Å². The highest BCUT2D eigenvalue weighted by Crippen LogP contribution is 2.66. The van der Waals surface area contributed by atoms with Gasteiger partial charge in [0, 0.05) is 17.1 Å². The molecule has 0 radical (unpaired) electrons. The van der Waals surface area contributed by atoms with Crippen molar-refractivity contribution in [2.45, 2.75) is 19.8 Å². The molecule has 0 saturated carbocycles. The summed E-state index contributed by atoms with van der Waals surface area (Å²) in [5.41, 5.74) is 0. The first-order valence-corrected chi connectivity index (χ1v) is 12.0. The van der Waals surface area contributed by atoms with Crippen molar-refractivity contribution in [1.82, 2.24) is 0 Å². The normalized spacial score (nSPS) is 11.4. The highest BCUT2D eigenvalue weighted by molar-refractivity contribution is 8.69. The van der Waals surface area contributed by atoms with E-state index in [0.29, 0.717) is 0 Å². The van der Waals surface area contributed by atoms with Gasteiger partial charge in [0.25, 0.3) is 0 Å². The highest BCUT2D eigenvalue weighted by Gasteiger charge is 2.46. The van der Waals surface area contributed by atoms with Crippen molar-refractivity contribution in [3.8, 4) is 0 Å². The Morgan fingerprint density at radius 3 is 1.33 bits per heavy atom. The summed E-state index contributed by atoms with van der Waals surface area (Å²) in [6.45, 7) is 0.606. The molecule has 24 heavy (non-hydrogen) atoms. The molecule has 0 heterocycles. The Morgan fingerprint density at radius 1 is 0.625 bits per heavy atom. The van der Waals surface area contributed by atoms with E-state index in [0.717, 1.165) is 0 Å². The number of rotatable bonds is 7. The predicted octanol–water partition coefficient (Wildman–Crippen LogP) is 5.43. The summed E-state index contributed by atoms with van der Waals surface area (Å²) < 4.78 is 0. The average molecular weight is 351 g/mol. The van der Waals surface area contributed by atoms with Crippen LogP contribution in [0.1, 0.15) is 19.8 Å².